The third-order valence-electron chi connectivity index (χ3n) is 4.19. The van der Waals surface area contributed by atoms with Gasteiger partial charge in [-0.3, -0.25) is 0 Å². The SMILES string of the molecule is CC(C)c1c[nH]c2ccc(C3=CCN(C(=O)O)CC3)cc12. The van der Waals surface area contributed by atoms with Gasteiger partial charge < -0.3 is 15.0 Å². The first-order valence-corrected chi connectivity index (χ1v) is 7.34. The Bertz CT molecular complexity index is 713. The first-order valence-electron chi connectivity index (χ1n) is 7.34. The van der Waals surface area contributed by atoms with Gasteiger partial charge in [-0.2, -0.15) is 0 Å². The number of carboxylic acid groups (broad SMARTS) is 1. The fraction of sp³-hybridized carbons (Fsp3) is 0.353. The number of nitrogens with zero attached hydrogens (tertiary/aromatic N) is 1. The molecule has 1 amide bonds. The van der Waals surface area contributed by atoms with E-state index < -0.39 is 6.09 Å². The van der Waals surface area contributed by atoms with E-state index in [1.54, 1.807) is 0 Å². The molecule has 0 fully saturated rings. The monoisotopic (exact) mass is 284 g/mol. The molecule has 2 aromatic rings. The first-order chi connectivity index (χ1) is 10.1. The molecule has 4 nitrogen and oxygen atoms in total. The lowest BCUT2D eigenvalue weighted by molar-refractivity contribution is 0.150. The average Bonchev–Trinajstić information content (AvgIpc) is 2.90. The molecule has 1 aliphatic rings. The maximum atomic E-state index is 10.9. The van der Waals surface area contributed by atoms with Crippen molar-refractivity contribution >= 4 is 22.6 Å². The molecule has 1 aliphatic heterocycles. The zero-order valence-corrected chi connectivity index (χ0v) is 12.4. The summed E-state index contributed by atoms with van der Waals surface area (Å²) in [5.74, 6) is 0.483. The second-order valence-corrected chi connectivity index (χ2v) is 5.87. The molecular formula is C17H20N2O2. The number of hydrogen-bond acceptors (Lipinski definition) is 1. The van der Waals surface area contributed by atoms with Crippen molar-refractivity contribution in [1.29, 1.82) is 0 Å². The van der Waals surface area contributed by atoms with Crippen molar-refractivity contribution < 1.29 is 9.90 Å². The van der Waals surface area contributed by atoms with Crippen molar-refractivity contribution in [3.8, 4) is 0 Å². The van der Waals surface area contributed by atoms with Crippen LogP contribution in [0.2, 0.25) is 0 Å². The number of carbonyl (C=O) groups is 1. The third kappa shape index (κ3) is 2.53. The molecule has 0 atom stereocenters. The van der Waals surface area contributed by atoms with Gasteiger partial charge in [0.25, 0.3) is 0 Å². The Morgan fingerprint density at radius 1 is 1.38 bits per heavy atom. The topological polar surface area (TPSA) is 56.3 Å². The van der Waals surface area contributed by atoms with Crippen molar-refractivity contribution in [1.82, 2.24) is 9.88 Å². The molecule has 2 N–H and O–H groups in total. The molecule has 0 saturated carbocycles. The number of amides is 1. The highest BCUT2D eigenvalue weighted by Gasteiger charge is 2.17. The summed E-state index contributed by atoms with van der Waals surface area (Å²) in [7, 11) is 0. The molecule has 0 aliphatic carbocycles. The first kappa shape index (κ1) is 13.7. The smallest absolute Gasteiger partial charge is 0.407 e. The van der Waals surface area contributed by atoms with Crippen molar-refractivity contribution in [3.63, 3.8) is 0 Å². The Hall–Kier alpha value is -2.23. The summed E-state index contributed by atoms with van der Waals surface area (Å²) >= 11 is 0. The van der Waals surface area contributed by atoms with E-state index in [1.807, 2.05) is 6.08 Å². The van der Waals surface area contributed by atoms with Crippen LogP contribution in [0.1, 0.15) is 37.3 Å². The second kappa shape index (κ2) is 5.28. The fourth-order valence-corrected chi connectivity index (χ4v) is 2.92. The minimum atomic E-state index is -0.839. The van der Waals surface area contributed by atoms with Crippen LogP contribution in [0, 0.1) is 0 Å². The number of aromatic amines is 1. The summed E-state index contributed by atoms with van der Waals surface area (Å²) in [4.78, 5) is 15.7. The van der Waals surface area contributed by atoms with Crippen LogP contribution >= 0.6 is 0 Å². The number of rotatable bonds is 2. The van der Waals surface area contributed by atoms with Gasteiger partial charge in [0.1, 0.15) is 0 Å². The van der Waals surface area contributed by atoms with E-state index in [4.69, 9.17) is 5.11 Å². The normalized spacial score (nSPS) is 15.6. The largest absolute Gasteiger partial charge is 0.465 e. The van der Waals surface area contributed by atoms with E-state index in [2.05, 4.69) is 43.2 Å². The Labute approximate surface area is 124 Å². The van der Waals surface area contributed by atoms with Crippen molar-refractivity contribution in [2.75, 3.05) is 13.1 Å². The maximum absolute atomic E-state index is 10.9. The summed E-state index contributed by atoms with van der Waals surface area (Å²) in [5.41, 5.74) is 4.93. The molecule has 110 valence electrons. The molecule has 2 heterocycles. The van der Waals surface area contributed by atoms with Gasteiger partial charge in [0.15, 0.2) is 0 Å². The number of benzene rings is 1. The quantitative estimate of drug-likeness (QED) is 0.873. The highest BCUT2D eigenvalue weighted by Crippen LogP contribution is 2.30. The van der Waals surface area contributed by atoms with E-state index in [0.717, 1.165) is 11.9 Å². The van der Waals surface area contributed by atoms with E-state index in [9.17, 15) is 4.79 Å². The number of nitrogens with one attached hydrogen (secondary N) is 1. The van der Waals surface area contributed by atoms with Crippen molar-refractivity contribution in [3.05, 3.63) is 41.6 Å². The van der Waals surface area contributed by atoms with Gasteiger partial charge in [0.05, 0.1) is 0 Å². The van der Waals surface area contributed by atoms with Crippen molar-refractivity contribution in [2.45, 2.75) is 26.2 Å². The highest BCUT2D eigenvalue weighted by molar-refractivity contribution is 5.87. The van der Waals surface area contributed by atoms with Crippen LogP contribution in [0.4, 0.5) is 4.79 Å². The second-order valence-electron chi connectivity index (χ2n) is 5.87. The Morgan fingerprint density at radius 2 is 2.19 bits per heavy atom. The molecule has 1 aromatic carbocycles. The lowest BCUT2D eigenvalue weighted by Gasteiger charge is -2.23. The van der Waals surface area contributed by atoms with E-state index in [0.29, 0.717) is 19.0 Å². The Morgan fingerprint density at radius 3 is 2.81 bits per heavy atom. The van der Waals surface area contributed by atoms with Crippen LogP contribution in [0.5, 0.6) is 0 Å². The fourth-order valence-electron chi connectivity index (χ4n) is 2.92. The van der Waals surface area contributed by atoms with E-state index in [1.165, 1.54) is 27.0 Å². The van der Waals surface area contributed by atoms with Gasteiger partial charge in [0, 0.05) is 30.2 Å². The van der Waals surface area contributed by atoms with Crippen LogP contribution < -0.4 is 0 Å². The lowest BCUT2D eigenvalue weighted by Crippen LogP contribution is -2.33. The summed E-state index contributed by atoms with van der Waals surface area (Å²) < 4.78 is 0. The van der Waals surface area contributed by atoms with Crippen LogP contribution in [0.3, 0.4) is 0 Å². The maximum Gasteiger partial charge on any atom is 0.407 e. The molecule has 21 heavy (non-hydrogen) atoms. The van der Waals surface area contributed by atoms with Gasteiger partial charge in [-0.1, -0.05) is 26.0 Å². The zero-order chi connectivity index (χ0) is 15.0. The van der Waals surface area contributed by atoms with Crippen LogP contribution in [-0.2, 0) is 0 Å². The molecule has 0 radical (unpaired) electrons. The van der Waals surface area contributed by atoms with Crippen molar-refractivity contribution in [2.24, 2.45) is 0 Å². The molecule has 0 saturated heterocycles. The predicted molar refractivity (Wildman–Crippen MR) is 84.6 cm³/mol. The summed E-state index contributed by atoms with van der Waals surface area (Å²) in [5, 5.41) is 10.3. The van der Waals surface area contributed by atoms with Gasteiger partial charge in [0.2, 0.25) is 0 Å². The summed E-state index contributed by atoms with van der Waals surface area (Å²) in [6.45, 7) is 5.44. The molecular weight excluding hydrogens is 264 g/mol. The standard InChI is InChI=1S/C17H20N2O2/c1-11(2)15-10-18-16-4-3-13(9-14(15)16)12-5-7-19(8-6-12)17(20)21/h3-5,9-11,18H,6-8H2,1-2H3,(H,20,21). The van der Waals surface area contributed by atoms with Crippen LogP contribution in [-0.4, -0.2) is 34.2 Å². The van der Waals surface area contributed by atoms with Gasteiger partial charge in [-0.25, -0.2) is 4.79 Å². The minimum absolute atomic E-state index is 0.479. The van der Waals surface area contributed by atoms with Gasteiger partial charge in [-0.05, 0) is 41.2 Å². The molecule has 3 rings (SSSR count). The molecule has 1 aromatic heterocycles. The van der Waals surface area contributed by atoms with E-state index >= 15 is 0 Å². The zero-order valence-electron chi connectivity index (χ0n) is 12.4. The van der Waals surface area contributed by atoms with E-state index in [-0.39, 0.29) is 0 Å². The highest BCUT2D eigenvalue weighted by atomic mass is 16.4. The lowest BCUT2D eigenvalue weighted by atomic mass is 9.95. The van der Waals surface area contributed by atoms with Gasteiger partial charge >= 0.3 is 6.09 Å². The number of hydrogen-bond donors (Lipinski definition) is 2. The number of H-pyrrole nitrogens is 1. The molecule has 0 bridgehead atoms. The van der Waals surface area contributed by atoms with Crippen LogP contribution in [0.15, 0.2) is 30.5 Å². The molecule has 0 unspecified atom stereocenters. The molecule has 4 heteroatoms. The number of aromatic nitrogens is 1. The molecule has 0 spiro atoms. The Balaban J connectivity index is 1.94. The Kier molecular flexibility index (Phi) is 3.45. The average molecular weight is 284 g/mol. The number of fused-ring (bicyclic) bond motifs is 1. The summed E-state index contributed by atoms with van der Waals surface area (Å²) in [6, 6.07) is 6.45. The predicted octanol–water partition coefficient (Wildman–Crippen LogP) is 4.06. The third-order valence-corrected chi connectivity index (χ3v) is 4.19. The van der Waals surface area contributed by atoms with Crippen LogP contribution in [0.25, 0.3) is 16.5 Å². The van der Waals surface area contributed by atoms with Gasteiger partial charge in [-0.15, -0.1) is 0 Å². The minimum Gasteiger partial charge on any atom is -0.465 e. The summed E-state index contributed by atoms with van der Waals surface area (Å²) in [6.07, 6.45) is 4.05.